The summed E-state index contributed by atoms with van der Waals surface area (Å²) < 4.78 is 39.8. The van der Waals surface area contributed by atoms with Crippen LogP contribution < -0.4 is 5.56 Å². The Morgan fingerprint density at radius 2 is 1.80 bits per heavy atom. The molecule has 2 heterocycles. The summed E-state index contributed by atoms with van der Waals surface area (Å²) in [5, 5.41) is 5.25. The van der Waals surface area contributed by atoms with E-state index < -0.39 is 11.7 Å². The molecule has 126 valence electrons. The van der Waals surface area contributed by atoms with Crippen molar-refractivity contribution in [2.75, 3.05) is 0 Å². The van der Waals surface area contributed by atoms with E-state index in [2.05, 4.69) is 10.1 Å². The third-order valence-corrected chi connectivity index (χ3v) is 4.18. The van der Waals surface area contributed by atoms with E-state index in [0.29, 0.717) is 27.4 Å². The predicted molar refractivity (Wildman–Crippen MR) is 88.3 cm³/mol. The molecule has 4 rings (SSSR count). The maximum Gasteiger partial charge on any atom is 0.416 e. The summed E-state index contributed by atoms with van der Waals surface area (Å²) in [5.74, 6) is 0. The minimum absolute atomic E-state index is 0.253. The zero-order valence-corrected chi connectivity index (χ0v) is 13.2. The molecular formula is C17H9ClF3N3O. The van der Waals surface area contributed by atoms with E-state index in [9.17, 15) is 18.0 Å². The lowest BCUT2D eigenvalue weighted by molar-refractivity contribution is -0.137. The number of nitrogens with one attached hydrogen (secondary N) is 1. The van der Waals surface area contributed by atoms with E-state index in [4.69, 9.17) is 11.6 Å². The summed E-state index contributed by atoms with van der Waals surface area (Å²) >= 11 is 5.84. The van der Waals surface area contributed by atoms with E-state index in [1.54, 1.807) is 24.3 Å². The van der Waals surface area contributed by atoms with Crippen LogP contribution in [0.4, 0.5) is 13.2 Å². The Kier molecular flexibility index (Phi) is 3.36. The highest BCUT2D eigenvalue weighted by Gasteiger charge is 2.31. The van der Waals surface area contributed by atoms with Crippen molar-refractivity contribution >= 4 is 22.5 Å². The quantitative estimate of drug-likeness (QED) is 0.541. The van der Waals surface area contributed by atoms with Crippen molar-refractivity contribution in [1.29, 1.82) is 0 Å². The summed E-state index contributed by atoms with van der Waals surface area (Å²) in [6.45, 7) is 0. The van der Waals surface area contributed by atoms with Crippen LogP contribution in [0.5, 0.6) is 0 Å². The first kappa shape index (κ1) is 15.7. The molecule has 0 saturated heterocycles. The summed E-state index contributed by atoms with van der Waals surface area (Å²) in [4.78, 5) is 15.3. The minimum Gasteiger partial charge on any atom is -0.360 e. The molecule has 0 amide bonds. The van der Waals surface area contributed by atoms with Gasteiger partial charge in [0.15, 0.2) is 0 Å². The summed E-state index contributed by atoms with van der Waals surface area (Å²) in [7, 11) is 0. The Labute approximate surface area is 143 Å². The number of nitrogens with zero attached hydrogens (tertiary/aromatic N) is 2. The molecule has 2 aromatic carbocycles. The zero-order valence-electron chi connectivity index (χ0n) is 12.4. The SMILES string of the molecule is O=c1c2c[nH]c3cc(C(F)(F)F)ccc3c-2nn1-c1ccc(Cl)cc1. The standard InChI is InChI=1S/C17H9ClF3N3O/c18-10-2-4-11(5-3-10)24-16(25)13-8-22-14-7-9(17(19,20)21)1-6-12(14)15(13)23-24/h1-8,22H. The first-order chi connectivity index (χ1) is 11.8. The monoisotopic (exact) mass is 363 g/mol. The fourth-order valence-corrected chi connectivity index (χ4v) is 2.82. The number of alkyl halides is 3. The fraction of sp³-hybridized carbons (Fsp3) is 0.0588. The first-order valence-corrected chi connectivity index (χ1v) is 7.60. The van der Waals surface area contributed by atoms with Gasteiger partial charge in [-0.25, -0.2) is 0 Å². The number of fused-ring (bicyclic) bond motifs is 3. The molecule has 4 nitrogen and oxygen atoms in total. The molecule has 0 fully saturated rings. The highest BCUT2D eigenvalue weighted by atomic mass is 35.5. The number of benzene rings is 2. The van der Waals surface area contributed by atoms with Crippen molar-refractivity contribution in [2.24, 2.45) is 0 Å². The fourth-order valence-electron chi connectivity index (χ4n) is 2.70. The second-order valence-corrected chi connectivity index (χ2v) is 5.94. The van der Waals surface area contributed by atoms with E-state index in [1.807, 2.05) is 0 Å². The average Bonchev–Trinajstić information content (AvgIpc) is 2.91. The van der Waals surface area contributed by atoms with Gasteiger partial charge in [0.1, 0.15) is 5.69 Å². The predicted octanol–water partition coefficient (Wildman–Crippen LogP) is 4.49. The van der Waals surface area contributed by atoms with Crippen LogP contribution in [0, 0.1) is 0 Å². The van der Waals surface area contributed by atoms with Crippen molar-refractivity contribution in [3.8, 4) is 16.9 Å². The van der Waals surface area contributed by atoms with Gasteiger partial charge in [0.2, 0.25) is 0 Å². The van der Waals surface area contributed by atoms with Crippen LogP contribution in [-0.2, 0) is 6.18 Å². The van der Waals surface area contributed by atoms with Gasteiger partial charge in [-0.15, -0.1) is 0 Å². The molecule has 0 unspecified atom stereocenters. The lowest BCUT2D eigenvalue weighted by Crippen LogP contribution is -2.14. The van der Waals surface area contributed by atoms with Crippen LogP contribution >= 0.6 is 11.6 Å². The second kappa shape index (κ2) is 5.35. The Bertz CT molecular complexity index is 1110. The van der Waals surface area contributed by atoms with E-state index >= 15 is 0 Å². The Morgan fingerprint density at radius 1 is 1.08 bits per heavy atom. The maximum atomic E-state index is 12.9. The third-order valence-electron chi connectivity index (χ3n) is 3.92. The van der Waals surface area contributed by atoms with Gasteiger partial charge in [-0.1, -0.05) is 17.7 Å². The highest BCUT2D eigenvalue weighted by molar-refractivity contribution is 6.30. The number of hydrogen-bond acceptors (Lipinski definition) is 2. The molecule has 0 atom stereocenters. The third kappa shape index (κ3) is 2.56. The van der Waals surface area contributed by atoms with Crippen molar-refractivity contribution in [1.82, 2.24) is 14.8 Å². The van der Waals surface area contributed by atoms with Crippen molar-refractivity contribution in [3.63, 3.8) is 0 Å². The number of aromatic nitrogens is 3. The smallest absolute Gasteiger partial charge is 0.360 e. The second-order valence-electron chi connectivity index (χ2n) is 5.50. The van der Waals surface area contributed by atoms with Gasteiger partial charge < -0.3 is 4.98 Å². The summed E-state index contributed by atoms with van der Waals surface area (Å²) in [5.41, 5.74) is 0.267. The Balaban J connectivity index is 1.96. The Hall–Kier alpha value is -2.80. The first-order valence-electron chi connectivity index (χ1n) is 7.22. The number of H-pyrrole nitrogens is 1. The lowest BCUT2D eigenvalue weighted by Gasteiger charge is -2.08. The van der Waals surface area contributed by atoms with Crippen LogP contribution in [0.25, 0.3) is 27.8 Å². The van der Waals surface area contributed by atoms with Crippen LogP contribution in [0.2, 0.25) is 5.02 Å². The summed E-state index contributed by atoms with van der Waals surface area (Å²) in [6.07, 6.45) is -3.07. The van der Waals surface area contributed by atoms with Gasteiger partial charge >= 0.3 is 6.18 Å². The van der Waals surface area contributed by atoms with E-state index in [1.165, 1.54) is 16.9 Å². The van der Waals surface area contributed by atoms with Crippen LogP contribution in [-0.4, -0.2) is 14.8 Å². The van der Waals surface area contributed by atoms with E-state index in [0.717, 1.165) is 12.1 Å². The molecule has 0 radical (unpaired) electrons. The van der Waals surface area contributed by atoms with Crippen molar-refractivity contribution in [3.05, 3.63) is 69.6 Å². The molecule has 0 saturated carbocycles. The number of hydrogen-bond donors (Lipinski definition) is 1. The molecule has 1 N–H and O–H groups in total. The molecular weight excluding hydrogens is 355 g/mol. The Morgan fingerprint density at radius 3 is 2.48 bits per heavy atom. The number of pyridine rings is 1. The molecule has 0 aromatic heterocycles. The molecule has 2 aliphatic rings. The highest BCUT2D eigenvalue weighted by Crippen LogP contribution is 2.33. The molecule has 2 aliphatic heterocycles. The number of aromatic amines is 1. The van der Waals surface area contributed by atoms with Crippen molar-refractivity contribution in [2.45, 2.75) is 6.18 Å². The molecule has 0 spiro atoms. The van der Waals surface area contributed by atoms with Gasteiger partial charge in [-0.2, -0.15) is 23.0 Å². The van der Waals surface area contributed by atoms with Gasteiger partial charge in [0, 0.05) is 22.1 Å². The van der Waals surface area contributed by atoms with Gasteiger partial charge in [0.25, 0.3) is 5.56 Å². The molecule has 8 heteroatoms. The summed E-state index contributed by atoms with van der Waals surface area (Å²) in [6, 6.07) is 9.83. The molecule has 2 aromatic rings. The van der Waals surface area contributed by atoms with Crippen molar-refractivity contribution < 1.29 is 13.2 Å². The number of halogens is 4. The van der Waals surface area contributed by atoms with Crippen LogP contribution in [0.15, 0.2) is 53.5 Å². The van der Waals surface area contributed by atoms with Crippen LogP contribution in [0.3, 0.4) is 0 Å². The normalized spacial score (nSPS) is 12.2. The molecule has 0 bridgehead atoms. The zero-order chi connectivity index (χ0) is 17.8. The minimum atomic E-state index is -4.44. The topological polar surface area (TPSA) is 50.7 Å². The largest absolute Gasteiger partial charge is 0.416 e. The van der Waals surface area contributed by atoms with Gasteiger partial charge in [0.05, 0.1) is 16.8 Å². The van der Waals surface area contributed by atoms with E-state index in [-0.39, 0.29) is 11.1 Å². The maximum absolute atomic E-state index is 12.9. The van der Waals surface area contributed by atoms with Gasteiger partial charge in [-0.3, -0.25) is 4.79 Å². The lowest BCUT2D eigenvalue weighted by atomic mass is 10.1. The molecule has 0 aliphatic carbocycles. The van der Waals surface area contributed by atoms with Crippen LogP contribution in [0.1, 0.15) is 5.56 Å². The van der Waals surface area contributed by atoms with Gasteiger partial charge in [-0.05, 0) is 36.4 Å². The number of rotatable bonds is 1. The average molecular weight is 364 g/mol. The molecule has 25 heavy (non-hydrogen) atoms.